The standard InChI is InChI=1S/C30H45N7O4/c1-5-6-17-41-29-33-27(31)26-28(34-29)37(30(39)32-26)14-8-13-36(24-11-15-35(16-12-24)21(2)3)20-23-10-7-9-22(18-23)19-25(38)40-4/h7,9-10,18,21,24H,5-6,8,11-17,19-20H2,1-4H3,(H,32,39)(H2,31,33,34). The summed E-state index contributed by atoms with van der Waals surface area (Å²) in [4.78, 5) is 41.3. The summed E-state index contributed by atoms with van der Waals surface area (Å²) in [6, 6.07) is 9.34. The SMILES string of the molecule is CCCCOc1nc(N)c2[nH]c(=O)n(CCCN(Cc3cccc(CC(=O)OC)c3)C3CCN(C(C)C)CC3)c2n1. The van der Waals surface area contributed by atoms with Gasteiger partial charge in [-0.15, -0.1) is 0 Å². The lowest BCUT2D eigenvalue weighted by Gasteiger charge is -2.40. The summed E-state index contributed by atoms with van der Waals surface area (Å²) in [5.74, 6) is -0.0321. The smallest absolute Gasteiger partial charge is 0.327 e. The van der Waals surface area contributed by atoms with E-state index >= 15 is 0 Å². The van der Waals surface area contributed by atoms with Gasteiger partial charge in [-0.25, -0.2) is 4.79 Å². The average Bonchev–Trinajstić information content (AvgIpc) is 3.28. The molecule has 0 bridgehead atoms. The van der Waals surface area contributed by atoms with E-state index in [9.17, 15) is 9.59 Å². The monoisotopic (exact) mass is 567 g/mol. The van der Waals surface area contributed by atoms with E-state index in [1.165, 1.54) is 7.11 Å². The van der Waals surface area contributed by atoms with Crippen molar-refractivity contribution in [2.24, 2.45) is 0 Å². The third-order valence-electron chi connectivity index (χ3n) is 7.89. The molecule has 0 unspecified atom stereocenters. The lowest BCUT2D eigenvalue weighted by molar-refractivity contribution is -0.139. The molecule has 3 N–H and O–H groups in total. The number of nitrogens with one attached hydrogen (secondary N) is 1. The second-order valence-corrected chi connectivity index (χ2v) is 11.1. The maximum atomic E-state index is 12.9. The van der Waals surface area contributed by atoms with Crippen LogP contribution in [0.5, 0.6) is 6.01 Å². The highest BCUT2D eigenvalue weighted by Crippen LogP contribution is 2.22. The Labute approximate surface area is 242 Å². The van der Waals surface area contributed by atoms with Gasteiger partial charge in [-0.3, -0.25) is 14.3 Å². The van der Waals surface area contributed by atoms with Gasteiger partial charge in [0.15, 0.2) is 11.5 Å². The van der Waals surface area contributed by atoms with Gasteiger partial charge in [0, 0.05) is 31.7 Å². The largest absolute Gasteiger partial charge is 0.469 e. The lowest BCUT2D eigenvalue weighted by Crippen LogP contribution is -2.47. The fourth-order valence-corrected chi connectivity index (χ4v) is 5.51. The Kier molecular flexibility index (Phi) is 10.8. The molecule has 0 aliphatic carbocycles. The Morgan fingerprint density at radius 1 is 1.20 bits per heavy atom. The summed E-state index contributed by atoms with van der Waals surface area (Å²) in [7, 11) is 1.41. The van der Waals surface area contributed by atoms with Gasteiger partial charge in [0.1, 0.15) is 5.52 Å². The number of esters is 1. The minimum atomic E-state index is -0.251. The Balaban J connectivity index is 1.49. The van der Waals surface area contributed by atoms with Crippen molar-refractivity contribution in [3.05, 3.63) is 45.9 Å². The zero-order valence-electron chi connectivity index (χ0n) is 24.9. The number of ether oxygens (including phenoxy) is 2. The molecule has 41 heavy (non-hydrogen) atoms. The number of aryl methyl sites for hydroxylation is 1. The molecular formula is C30H45N7O4. The van der Waals surface area contributed by atoms with E-state index in [2.05, 4.69) is 57.7 Å². The quantitative estimate of drug-likeness (QED) is 0.222. The number of carbonyl (C=O) groups excluding carboxylic acids is 1. The summed E-state index contributed by atoms with van der Waals surface area (Å²) in [6.45, 7) is 11.3. The highest BCUT2D eigenvalue weighted by Gasteiger charge is 2.26. The first-order valence-corrected chi connectivity index (χ1v) is 14.8. The summed E-state index contributed by atoms with van der Waals surface area (Å²) in [5, 5.41) is 0. The van der Waals surface area contributed by atoms with Gasteiger partial charge >= 0.3 is 17.7 Å². The van der Waals surface area contributed by atoms with E-state index in [0.29, 0.717) is 36.4 Å². The van der Waals surface area contributed by atoms with E-state index in [1.54, 1.807) is 4.57 Å². The van der Waals surface area contributed by atoms with Gasteiger partial charge in [0.2, 0.25) is 0 Å². The van der Waals surface area contributed by atoms with Crippen LogP contribution in [0, 0.1) is 0 Å². The number of nitrogens with zero attached hydrogens (tertiary/aromatic N) is 5. The molecule has 1 aromatic carbocycles. The Hall–Kier alpha value is -3.44. The molecule has 0 spiro atoms. The van der Waals surface area contributed by atoms with Crippen LogP contribution in [0.3, 0.4) is 0 Å². The molecule has 1 aliphatic rings. The average molecular weight is 568 g/mol. The third kappa shape index (κ3) is 8.07. The number of hydrogen-bond acceptors (Lipinski definition) is 9. The number of H-pyrrole nitrogens is 1. The van der Waals surface area contributed by atoms with Crippen LogP contribution in [0.2, 0.25) is 0 Å². The minimum absolute atomic E-state index is 0.196. The molecule has 1 saturated heterocycles. The number of aromatic nitrogens is 4. The topological polar surface area (TPSA) is 132 Å². The highest BCUT2D eigenvalue weighted by molar-refractivity contribution is 5.81. The predicted octanol–water partition coefficient (Wildman–Crippen LogP) is 3.36. The molecule has 1 fully saturated rings. The number of imidazole rings is 1. The van der Waals surface area contributed by atoms with Crippen LogP contribution in [-0.2, 0) is 29.0 Å². The van der Waals surface area contributed by atoms with Gasteiger partial charge in [-0.05, 0) is 63.7 Å². The van der Waals surface area contributed by atoms with Crippen molar-refractivity contribution < 1.29 is 14.3 Å². The first-order valence-electron chi connectivity index (χ1n) is 14.8. The van der Waals surface area contributed by atoms with Crippen LogP contribution in [0.1, 0.15) is 64.0 Å². The molecule has 11 heteroatoms. The van der Waals surface area contributed by atoms with Crippen molar-refractivity contribution in [2.45, 2.75) is 84.5 Å². The number of anilines is 1. The number of hydrogen-bond donors (Lipinski definition) is 2. The maximum absolute atomic E-state index is 12.9. The third-order valence-corrected chi connectivity index (χ3v) is 7.89. The van der Waals surface area contributed by atoms with E-state index in [4.69, 9.17) is 15.2 Å². The van der Waals surface area contributed by atoms with Gasteiger partial charge in [0.05, 0.1) is 20.1 Å². The Morgan fingerprint density at radius 3 is 2.66 bits per heavy atom. The van der Waals surface area contributed by atoms with Crippen LogP contribution in [0.4, 0.5) is 5.82 Å². The van der Waals surface area contributed by atoms with Crippen LogP contribution in [0.15, 0.2) is 29.1 Å². The number of nitrogen functional groups attached to an aromatic ring is 1. The van der Waals surface area contributed by atoms with Gasteiger partial charge in [-0.1, -0.05) is 37.6 Å². The second kappa shape index (κ2) is 14.5. The van der Waals surface area contributed by atoms with E-state index in [-0.39, 0.29) is 29.9 Å². The van der Waals surface area contributed by atoms with Gasteiger partial charge in [0.25, 0.3) is 0 Å². The lowest BCUT2D eigenvalue weighted by atomic mass is 10.00. The van der Waals surface area contributed by atoms with Crippen molar-refractivity contribution in [3.8, 4) is 6.01 Å². The number of piperidine rings is 1. The van der Waals surface area contributed by atoms with Crippen LogP contribution < -0.4 is 16.2 Å². The number of benzene rings is 1. The van der Waals surface area contributed by atoms with Crippen molar-refractivity contribution in [1.82, 2.24) is 29.3 Å². The Morgan fingerprint density at radius 2 is 1.95 bits per heavy atom. The van der Waals surface area contributed by atoms with E-state index in [0.717, 1.165) is 69.4 Å². The van der Waals surface area contributed by atoms with Crippen molar-refractivity contribution in [1.29, 1.82) is 0 Å². The van der Waals surface area contributed by atoms with E-state index < -0.39 is 0 Å². The van der Waals surface area contributed by atoms with Gasteiger partial charge < -0.3 is 25.1 Å². The van der Waals surface area contributed by atoms with Crippen LogP contribution >= 0.6 is 0 Å². The molecule has 0 amide bonds. The molecular weight excluding hydrogens is 522 g/mol. The molecule has 11 nitrogen and oxygen atoms in total. The number of likely N-dealkylation sites (tertiary alicyclic amines) is 1. The second-order valence-electron chi connectivity index (χ2n) is 11.1. The maximum Gasteiger partial charge on any atom is 0.327 e. The number of nitrogens with two attached hydrogens (primary N) is 1. The highest BCUT2D eigenvalue weighted by atomic mass is 16.5. The molecule has 2 aromatic heterocycles. The number of methoxy groups -OCH3 is 1. The number of unbranched alkanes of at least 4 members (excludes halogenated alkanes) is 1. The number of carbonyl (C=O) groups is 1. The Bertz CT molecular complexity index is 1340. The molecule has 224 valence electrons. The molecule has 3 heterocycles. The zero-order chi connectivity index (χ0) is 29.4. The fraction of sp³-hybridized carbons (Fsp3) is 0.600. The number of rotatable bonds is 14. The number of aromatic amines is 1. The van der Waals surface area contributed by atoms with Crippen molar-refractivity contribution in [2.75, 3.05) is 39.1 Å². The molecule has 0 atom stereocenters. The number of fused-ring (bicyclic) bond motifs is 1. The predicted molar refractivity (Wildman–Crippen MR) is 160 cm³/mol. The molecule has 0 saturated carbocycles. The summed E-state index contributed by atoms with van der Waals surface area (Å²) >= 11 is 0. The normalized spacial score (nSPS) is 14.8. The molecule has 3 aromatic rings. The summed E-state index contributed by atoms with van der Waals surface area (Å²) in [5.41, 5.74) is 8.91. The van der Waals surface area contributed by atoms with Crippen molar-refractivity contribution in [3.63, 3.8) is 0 Å². The first kappa shape index (κ1) is 30.5. The minimum Gasteiger partial charge on any atom is -0.469 e. The van der Waals surface area contributed by atoms with Crippen LogP contribution in [0.25, 0.3) is 11.2 Å². The molecule has 4 rings (SSSR count). The summed E-state index contributed by atoms with van der Waals surface area (Å²) < 4.78 is 12.2. The molecule has 1 aliphatic heterocycles. The summed E-state index contributed by atoms with van der Waals surface area (Å²) in [6.07, 6.45) is 5.09. The molecule has 0 radical (unpaired) electrons. The van der Waals surface area contributed by atoms with Crippen molar-refractivity contribution >= 4 is 23.0 Å². The zero-order valence-corrected chi connectivity index (χ0v) is 24.9. The fourth-order valence-electron chi connectivity index (χ4n) is 5.51. The first-order chi connectivity index (χ1) is 19.8. The van der Waals surface area contributed by atoms with Crippen LogP contribution in [-0.4, -0.2) is 80.7 Å². The van der Waals surface area contributed by atoms with Gasteiger partial charge in [-0.2, -0.15) is 9.97 Å². The van der Waals surface area contributed by atoms with E-state index in [1.807, 2.05) is 12.1 Å².